The first kappa shape index (κ1) is 16.8. The number of benzene rings is 1. The van der Waals surface area contributed by atoms with Crippen molar-refractivity contribution in [2.45, 2.75) is 44.4 Å². The minimum Gasteiger partial charge on any atom is -0.326 e. The molecule has 0 bridgehead atoms. The van der Waals surface area contributed by atoms with Crippen molar-refractivity contribution in [2.75, 3.05) is 31.9 Å². The lowest BCUT2D eigenvalue weighted by Crippen LogP contribution is -2.34. The maximum atomic E-state index is 12.3. The minimum atomic E-state index is 0.217. The monoisotopic (exact) mass is 332 g/mol. The Bertz CT molecular complexity index is 511. The van der Waals surface area contributed by atoms with Crippen LogP contribution in [0.15, 0.2) is 24.3 Å². The zero-order valence-corrected chi connectivity index (χ0v) is 15.0. The van der Waals surface area contributed by atoms with Gasteiger partial charge in [0.15, 0.2) is 0 Å². The lowest BCUT2D eigenvalue weighted by Gasteiger charge is -2.29. The second-order valence-corrected chi connectivity index (χ2v) is 7.67. The Morgan fingerprint density at radius 2 is 1.83 bits per heavy atom. The van der Waals surface area contributed by atoms with Crippen LogP contribution in [0.2, 0.25) is 0 Å². The summed E-state index contributed by atoms with van der Waals surface area (Å²) in [5, 5.41) is 0.217. The number of aryl methyl sites for hydroxylation is 1. The van der Waals surface area contributed by atoms with Gasteiger partial charge in [0.25, 0.3) is 0 Å². The number of rotatable bonds is 6. The zero-order chi connectivity index (χ0) is 16.1. The first-order chi connectivity index (χ1) is 11.3. The molecule has 0 radical (unpaired) electrons. The average Bonchev–Trinajstić information content (AvgIpc) is 2.97. The predicted molar refractivity (Wildman–Crippen MR) is 97.6 cm³/mol. The Morgan fingerprint density at radius 3 is 2.52 bits per heavy atom. The highest BCUT2D eigenvalue weighted by atomic mass is 32.2. The molecule has 0 aromatic heterocycles. The first-order valence-electron chi connectivity index (χ1n) is 9.00. The number of amides is 1. The number of hydrogen-bond donors (Lipinski definition) is 0. The van der Waals surface area contributed by atoms with Gasteiger partial charge in [-0.3, -0.25) is 4.79 Å². The van der Waals surface area contributed by atoms with Gasteiger partial charge in [-0.2, -0.15) is 0 Å². The number of hydrogen-bond acceptors (Lipinski definition) is 3. The van der Waals surface area contributed by atoms with E-state index in [9.17, 15) is 4.79 Å². The van der Waals surface area contributed by atoms with Crippen molar-refractivity contribution < 1.29 is 4.79 Å². The van der Waals surface area contributed by atoms with Crippen LogP contribution in [0.1, 0.15) is 49.1 Å². The largest absolute Gasteiger partial charge is 0.326 e. The Hall–Kier alpha value is -1.00. The van der Waals surface area contributed by atoms with Gasteiger partial charge in [0, 0.05) is 6.54 Å². The maximum absolute atomic E-state index is 12.3. The molecule has 0 aliphatic carbocycles. The van der Waals surface area contributed by atoms with Crippen molar-refractivity contribution in [2.24, 2.45) is 0 Å². The molecule has 2 heterocycles. The summed E-state index contributed by atoms with van der Waals surface area (Å²) >= 11 is 1.77. The highest BCUT2D eigenvalue weighted by molar-refractivity contribution is 8.00. The molecule has 0 spiro atoms. The molecule has 126 valence electrons. The molecule has 23 heavy (non-hydrogen) atoms. The van der Waals surface area contributed by atoms with E-state index in [4.69, 9.17) is 0 Å². The van der Waals surface area contributed by atoms with E-state index >= 15 is 0 Å². The molecule has 1 aromatic rings. The van der Waals surface area contributed by atoms with Gasteiger partial charge in [0.05, 0.1) is 5.75 Å². The third-order valence-corrected chi connectivity index (χ3v) is 6.22. The van der Waals surface area contributed by atoms with Gasteiger partial charge in [-0.15, -0.1) is 11.8 Å². The fraction of sp³-hybridized carbons (Fsp3) is 0.632. The second-order valence-electron chi connectivity index (χ2n) is 6.60. The summed E-state index contributed by atoms with van der Waals surface area (Å²) in [5.41, 5.74) is 2.63. The van der Waals surface area contributed by atoms with E-state index in [1.54, 1.807) is 11.8 Å². The van der Waals surface area contributed by atoms with E-state index < -0.39 is 0 Å². The summed E-state index contributed by atoms with van der Waals surface area (Å²) in [7, 11) is 0. The van der Waals surface area contributed by atoms with Gasteiger partial charge in [-0.25, -0.2) is 0 Å². The molecule has 0 N–H and O–H groups in total. The summed E-state index contributed by atoms with van der Waals surface area (Å²) in [5.74, 6) is 0.933. The van der Waals surface area contributed by atoms with Crippen LogP contribution >= 0.6 is 11.8 Å². The Balaban J connectivity index is 1.55. The van der Waals surface area contributed by atoms with E-state index in [2.05, 4.69) is 41.0 Å². The maximum Gasteiger partial charge on any atom is 0.233 e. The molecule has 2 aliphatic rings. The van der Waals surface area contributed by atoms with Crippen LogP contribution in [0, 0.1) is 0 Å². The molecule has 4 heteroatoms. The quantitative estimate of drug-likeness (QED) is 0.793. The van der Waals surface area contributed by atoms with Gasteiger partial charge < -0.3 is 9.80 Å². The molecule has 2 fully saturated rings. The van der Waals surface area contributed by atoms with Crippen molar-refractivity contribution in [3.8, 4) is 0 Å². The van der Waals surface area contributed by atoms with E-state index in [0.29, 0.717) is 11.7 Å². The molecule has 2 aliphatic heterocycles. The van der Waals surface area contributed by atoms with E-state index in [0.717, 1.165) is 25.9 Å². The SMILES string of the molecule is CCc1ccc(C2SCC(=O)N2CCCN2CCCCC2)cc1. The fourth-order valence-electron chi connectivity index (χ4n) is 3.54. The van der Waals surface area contributed by atoms with Crippen molar-refractivity contribution in [3.63, 3.8) is 0 Å². The van der Waals surface area contributed by atoms with Gasteiger partial charge >= 0.3 is 0 Å². The van der Waals surface area contributed by atoms with E-state index in [1.807, 2.05) is 0 Å². The number of thioether (sulfide) groups is 1. The van der Waals surface area contributed by atoms with Crippen molar-refractivity contribution in [1.82, 2.24) is 9.80 Å². The van der Waals surface area contributed by atoms with Gasteiger partial charge in [-0.1, -0.05) is 37.6 Å². The Kier molecular flexibility index (Phi) is 6.01. The minimum absolute atomic E-state index is 0.217. The number of carbonyl (C=O) groups is 1. The van der Waals surface area contributed by atoms with Crippen LogP contribution in [-0.2, 0) is 11.2 Å². The summed E-state index contributed by atoms with van der Waals surface area (Å²) in [4.78, 5) is 16.9. The lowest BCUT2D eigenvalue weighted by molar-refractivity contribution is -0.128. The molecule has 1 aromatic carbocycles. The lowest BCUT2D eigenvalue weighted by atomic mass is 10.1. The molecule has 2 saturated heterocycles. The van der Waals surface area contributed by atoms with Crippen LogP contribution in [0.5, 0.6) is 0 Å². The number of piperidine rings is 1. The topological polar surface area (TPSA) is 23.6 Å². The summed E-state index contributed by atoms with van der Waals surface area (Å²) in [6.45, 7) is 6.68. The average molecular weight is 333 g/mol. The fourth-order valence-corrected chi connectivity index (χ4v) is 4.76. The molecule has 3 rings (SSSR count). The summed E-state index contributed by atoms with van der Waals surface area (Å²) in [6, 6.07) is 8.80. The van der Waals surface area contributed by atoms with Crippen LogP contribution in [0.25, 0.3) is 0 Å². The number of carbonyl (C=O) groups excluding carboxylic acids is 1. The van der Waals surface area contributed by atoms with Crippen LogP contribution < -0.4 is 0 Å². The van der Waals surface area contributed by atoms with Crippen molar-refractivity contribution in [3.05, 3.63) is 35.4 Å². The molecular formula is C19H28N2OS. The smallest absolute Gasteiger partial charge is 0.233 e. The standard InChI is InChI=1S/C19H28N2OS/c1-2-16-7-9-17(10-8-16)19-21(18(22)15-23-19)14-6-13-20-11-4-3-5-12-20/h7-10,19H,2-6,11-15H2,1H3. The second kappa shape index (κ2) is 8.20. The van der Waals surface area contributed by atoms with E-state index in [-0.39, 0.29) is 5.37 Å². The third kappa shape index (κ3) is 4.30. The highest BCUT2D eigenvalue weighted by Gasteiger charge is 2.32. The van der Waals surface area contributed by atoms with Crippen LogP contribution in [0.3, 0.4) is 0 Å². The molecule has 3 nitrogen and oxygen atoms in total. The predicted octanol–water partition coefficient (Wildman–Crippen LogP) is 3.70. The number of nitrogens with zero attached hydrogens (tertiary/aromatic N) is 2. The molecule has 1 unspecified atom stereocenters. The molecule has 1 amide bonds. The van der Waals surface area contributed by atoms with Crippen LogP contribution in [0.4, 0.5) is 0 Å². The van der Waals surface area contributed by atoms with Gasteiger partial charge in [-0.05, 0) is 56.4 Å². The normalized spacial score (nSPS) is 22.7. The summed E-state index contributed by atoms with van der Waals surface area (Å²) < 4.78 is 0. The Morgan fingerprint density at radius 1 is 1.09 bits per heavy atom. The van der Waals surface area contributed by atoms with E-state index in [1.165, 1.54) is 43.5 Å². The molecule has 0 saturated carbocycles. The highest BCUT2D eigenvalue weighted by Crippen LogP contribution is 2.38. The van der Waals surface area contributed by atoms with Gasteiger partial charge in [0.1, 0.15) is 5.37 Å². The Labute approximate surface area is 144 Å². The third-order valence-electron chi connectivity index (χ3n) is 4.96. The zero-order valence-electron chi connectivity index (χ0n) is 14.2. The number of likely N-dealkylation sites (tertiary alicyclic amines) is 1. The van der Waals surface area contributed by atoms with Crippen molar-refractivity contribution in [1.29, 1.82) is 0 Å². The first-order valence-corrected chi connectivity index (χ1v) is 10.0. The summed E-state index contributed by atoms with van der Waals surface area (Å²) in [6.07, 6.45) is 6.22. The van der Waals surface area contributed by atoms with Gasteiger partial charge in [0.2, 0.25) is 5.91 Å². The molecule has 1 atom stereocenters. The molecular weight excluding hydrogens is 304 g/mol. The van der Waals surface area contributed by atoms with Crippen LogP contribution in [-0.4, -0.2) is 47.6 Å². The van der Waals surface area contributed by atoms with Crippen molar-refractivity contribution >= 4 is 17.7 Å².